The molecule has 0 saturated carbocycles. The third kappa shape index (κ3) is 4.32. The fourth-order valence-corrected chi connectivity index (χ4v) is 3.17. The predicted molar refractivity (Wildman–Crippen MR) is 98.7 cm³/mol. The number of nitrogens with zero attached hydrogens (tertiary/aromatic N) is 1. The number of fused-ring (bicyclic) bond motifs is 1. The Labute approximate surface area is 153 Å². The van der Waals surface area contributed by atoms with Crippen LogP contribution in [-0.2, 0) is 17.8 Å². The molecule has 1 aliphatic heterocycles. The summed E-state index contributed by atoms with van der Waals surface area (Å²) in [5.41, 5.74) is 2.77. The lowest BCUT2D eigenvalue weighted by Crippen LogP contribution is -2.49. The van der Waals surface area contributed by atoms with Crippen molar-refractivity contribution in [2.24, 2.45) is 0 Å². The predicted octanol–water partition coefficient (Wildman–Crippen LogP) is 1.96. The van der Waals surface area contributed by atoms with Gasteiger partial charge in [0.15, 0.2) is 5.76 Å². The molecule has 1 aromatic heterocycles. The molecule has 2 atom stereocenters. The fraction of sp³-hybridized carbons (Fsp3) is 0.400. The summed E-state index contributed by atoms with van der Waals surface area (Å²) in [7, 11) is 0. The summed E-state index contributed by atoms with van der Waals surface area (Å²) in [4.78, 5) is 26.6. The normalized spacial score (nSPS) is 16.4. The molecule has 6 nitrogen and oxygen atoms in total. The zero-order valence-electron chi connectivity index (χ0n) is 15.2. The number of carbonyl (C=O) groups excluding carboxylic acids is 2. The van der Waals surface area contributed by atoms with E-state index < -0.39 is 11.9 Å². The molecule has 0 bridgehead atoms. The first-order valence-corrected chi connectivity index (χ1v) is 8.97. The van der Waals surface area contributed by atoms with Gasteiger partial charge in [-0.15, -0.1) is 0 Å². The maximum absolute atomic E-state index is 12.3. The van der Waals surface area contributed by atoms with Gasteiger partial charge < -0.3 is 15.1 Å². The van der Waals surface area contributed by atoms with Gasteiger partial charge in [0, 0.05) is 25.7 Å². The Morgan fingerprint density at radius 3 is 2.65 bits per heavy atom. The zero-order valence-corrected chi connectivity index (χ0v) is 15.2. The second kappa shape index (κ2) is 8.19. The maximum atomic E-state index is 12.3. The molecular formula is C20H25N3O3. The lowest BCUT2D eigenvalue weighted by Gasteiger charge is -2.34. The van der Waals surface area contributed by atoms with Crippen LogP contribution in [0.2, 0.25) is 0 Å². The molecule has 2 heterocycles. The monoisotopic (exact) mass is 355 g/mol. The second-order valence-electron chi connectivity index (χ2n) is 6.76. The largest absolute Gasteiger partial charge is 0.459 e. The third-order valence-electron chi connectivity index (χ3n) is 4.84. The highest BCUT2D eigenvalue weighted by molar-refractivity contribution is 5.95. The summed E-state index contributed by atoms with van der Waals surface area (Å²) in [6.07, 6.45) is 2.46. The minimum Gasteiger partial charge on any atom is -0.459 e. The summed E-state index contributed by atoms with van der Waals surface area (Å²) in [6.45, 7) is 6.21. The summed E-state index contributed by atoms with van der Waals surface area (Å²) < 4.78 is 5.03. The smallest absolute Gasteiger partial charge is 0.287 e. The molecule has 0 aliphatic carbocycles. The quantitative estimate of drug-likeness (QED) is 0.831. The van der Waals surface area contributed by atoms with Gasteiger partial charge in [-0.25, -0.2) is 0 Å². The van der Waals surface area contributed by atoms with Crippen LogP contribution in [0.4, 0.5) is 0 Å². The van der Waals surface area contributed by atoms with Crippen LogP contribution in [0.5, 0.6) is 0 Å². The van der Waals surface area contributed by atoms with Crippen LogP contribution in [0.25, 0.3) is 0 Å². The molecule has 26 heavy (non-hydrogen) atoms. The lowest BCUT2D eigenvalue weighted by molar-refractivity contribution is -0.122. The lowest BCUT2D eigenvalue weighted by atomic mass is 9.99. The minimum absolute atomic E-state index is 0.199. The van der Waals surface area contributed by atoms with Crippen molar-refractivity contribution in [3.05, 3.63) is 59.5 Å². The molecule has 2 unspecified atom stereocenters. The third-order valence-corrected chi connectivity index (χ3v) is 4.84. The maximum Gasteiger partial charge on any atom is 0.287 e. The first-order chi connectivity index (χ1) is 12.5. The van der Waals surface area contributed by atoms with E-state index in [9.17, 15) is 9.59 Å². The summed E-state index contributed by atoms with van der Waals surface area (Å²) in [5.74, 6) is -0.391. The Morgan fingerprint density at radius 1 is 1.15 bits per heavy atom. The zero-order chi connectivity index (χ0) is 18.5. The van der Waals surface area contributed by atoms with E-state index >= 15 is 0 Å². The van der Waals surface area contributed by atoms with Crippen LogP contribution >= 0.6 is 0 Å². The molecule has 0 fully saturated rings. The molecule has 0 radical (unpaired) electrons. The van der Waals surface area contributed by atoms with Gasteiger partial charge in [-0.3, -0.25) is 14.5 Å². The van der Waals surface area contributed by atoms with E-state index in [2.05, 4.69) is 46.7 Å². The molecule has 1 aliphatic rings. The van der Waals surface area contributed by atoms with Gasteiger partial charge in [0.25, 0.3) is 5.91 Å². The van der Waals surface area contributed by atoms with Crippen molar-refractivity contribution in [3.63, 3.8) is 0 Å². The molecule has 0 saturated heterocycles. The van der Waals surface area contributed by atoms with Crippen LogP contribution in [0.15, 0.2) is 47.1 Å². The Morgan fingerprint density at radius 2 is 1.92 bits per heavy atom. The number of amides is 2. The van der Waals surface area contributed by atoms with E-state index in [1.54, 1.807) is 19.1 Å². The first-order valence-electron chi connectivity index (χ1n) is 8.97. The highest BCUT2D eigenvalue weighted by Crippen LogP contribution is 2.19. The number of rotatable bonds is 6. The summed E-state index contributed by atoms with van der Waals surface area (Å²) in [6, 6.07) is 11.3. The van der Waals surface area contributed by atoms with Gasteiger partial charge in [-0.1, -0.05) is 24.3 Å². The Kier molecular flexibility index (Phi) is 5.73. The SMILES string of the molecule is CC(NC(=O)c1ccco1)C(=O)NCC(C)N1CCc2ccccc2C1. The van der Waals surface area contributed by atoms with Crippen molar-refractivity contribution < 1.29 is 14.0 Å². The van der Waals surface area contributed by atoms with Crippen molar-refractivity contribution >= 4 is 11.8 Å². The molecule has 2 aromatic rings. The molecule has 3 rings (SSSR count). The van der Waals surface area contributed by atoms with Gasteiger partial charge in [-0.2, -0.15) is 0 Å². The van der Waals surface area contributed by atoms with Gasteiger partial charge in [-0.05, 0) is 43.5 Å². The van der Waals surface area contributed by atoms with Crippen LogP contribution in [0, 0.1) is 0 Å². The van der Waals surface area contributed by atoms with E-state index in [-0.39, 0.29) is 17.7 Å². The van der Waals surface area contributed by atoms with Crippen molar-refractivity contribution in [3.8, 4) is 0 Å². The topological polar surface area (TPSA) is 74.6 Å². The number of hydrogen-bond acceptors (Lipinski definition) is 4. The average molecular weight is 355 g/mol. The molecule has 6 heteroatoms. The summed E-state index contributed by atoms with van der Waals surface area (Å²) >= 11 is 0. The van der Waals surface area contributed by atoms with Crippen LogP contribution < -0.4 is 10.6 Å². The Hall–Kier alpha value is -2.60. The van der Waals surface area contributed by atoms with Crippen molar-refractivity contribution in [2.45, 2.75) is 38.9 Å². The number of benzene rings is 1. The highest BCUT2D eigenvalue weighted by Gasteiger charge is 2.22. The first kappa shape index (κ1) is 18.2. The van der Waals surface area contributed by atoms with Gasteiger partial charge in [0.1, 0.15) is 6.04 Å². The number of hydrogen-bond donors (Lipinski definition) is 2. The van der Waals surface area contributed by atoms with Gasteiger partial charge in [0.05, 0.1) is 6.26 Å². The molecule has 2 amide bonds. The number of nitrogens with one attached hydrogen (secondary N) is 2. The molecule has 1 aromatic carbocycles. The summed E-state index contributed by atoms with van der Waals surface area (Å²) in [5, 5.41) is 5.57. The van der Waals surface area contributed by atoms with E-state index in [0.29, 0.717) is 6.54 Å². The second-order valence-corrected chi connectivity index (χ2v) is 6.76. The number of furan rings is 1. The van der Waals surface area contributed by atoms with Crippen LogP contribution in [0.1, 0.15) is 35.5 Å². The molecule has 2 N–H and O–H groups in total. The van der Waals surface area contributed by atoms with Crippen molar-refractivity contribution in [2.75, 3.05) is 13.1 Å². The van der Waals surface area contributed by atoms with Crippen molar-refractivity contribution in [1.29, 1.82) is 0 Å². The fourth-order valence-electron chi connectivity index (χ4n) is 3.17. The van der Waals surface area contributed by atoms with E-state index in [1.165, 1.54) is 17.4 Å². The van der Waals surface area contributed by atoms with Crippen LogP contribution in [0.3, 0.4) is 0 Å². The van der Waals surface area contributed by atoms with E-state index in [4.69, 9.17) is 4.42 Å². The van der Waals surface area contributed by atoms with Gasteiger partial charge >= 0.3 is 0 Å². The molecular weight excluding hydrogens is 330 g/mol. The Balaban J connectivity index is 1.46. The minimum atomic E-state index is -0.623. The van der Waals surface area contributed by atoms with Crippen LogP contribution in [-0.4, -0.2) is 41.9 Å². The Bertz CT molecular complexity index is 757. The van der Waals surface area contributed by atoms with E-state index in [0.717, 1.165) is 19.5 Å². The number of carbonyl (C=O) groups is 2. The molecule has 0 spiro atoms. The standard InChI is InChI=1S/C20H25N3O3/c1-14(23-10-9-16-6-3-4-7-17(16)13-23)12-21-19(24)15(2)22-20(25)18-8-5-11-26-18/h3-8,11,14-15H,9-10,12-13H2,1-2H3,(H,21,24)(H,22,25). The van der Waals surface area contributed by atoms with E-state index in [1.807, 2.05) is 0 Å². The van der Waals surface area contributed by atoms with Crippen molar-refractivity contribution in [1.82, 2.24) is 15.5 Å². The highest BCUT2D eigenvalue weighted by atomic mass is 16.3. The average Bonchev–Trinajstić information content (AvgIpc) is 3.20. The van der Waals surface area contributed by atoms with Gasteiger partial charge in [0.2, 0.25) is 5.91 Å². The molecule has 138 valence electrons.